The van der Waals surface area contributed by atoms with Gasteiger partial charge in [0.25, 0.3) is 0 Å². The van der Waals surface area contributed by atoms with E-state index in [1.54, 1.807) is 4.52 Å². The van der Waals surface area contributed by atoms with Gasteiger partial charge in [-0.25, -0.2) is 4.98 Å². The molecule has 1 aliphatic heterocycles. The number of fused-ring (bicyclic) bond motifs is 1. The van der Waals surface area contributed by atoms with Crippen LogP contribution in [0.25, 0.3) is 22.5 Å². The number of ether oxygens (including phenoxy) is 1. The molecule has 0 aliphatic carbocycles. The Morgan fingerprint density at radius 3 is 2.87 bits per heavy atom. The smallest absolute Gasteiger partial charge is 0.217 e. The van der Waals surface area contributed by atoms with Crippen LogP contribution < -0.4 is 5.73 Å². The van der Waals surface area contributed by atoms with Crippen LogP contribution in [0.5, 0.6) is 0 Å². The first-order valence-electron chi connectivity index (χ1n) is 7.46. The van der Waals surface area contributed by atoms with E-state index in [9.17, 15) is 0 Å². The monoisotopic (exact) mass is 326 g/mol. The Balaban J connectivity index is 1.82. The summed E-state index contributed by atoms with van der Waals surface area (Å²) < 4.78 is 7.26. The second-order valence-corrected chi connectivity index (χ2v) is 5.88. The van der Waals surface area contributed by atoms with Crippen LogP contribution in [-0.2, 0) is 4.74 Å². The van der Waals surface area contributed by atoms with Crippen LogP contribution in [0, 0.1) is 0 Å². The van der Waals surface area contributed by atoms with Crippen LogP contribution in [0.4, 0.5) is 5.82 Å². The van der Waals surface area contributed by atoms with Gasteiger partial charge < -0.3 is 10.5 Å². The lowest BCUT2D eigenvalue weighted by Gasteiger charge is -2.11. The normalized spacial score (nSPS) is 14.6. The molecule has 3 heterocycles. The lowest BCUT2D eigenvalue weighted by molar-refractivity contribution is 0.256. The summed E-state index contributed by atoms with van der Waals surface area (Å²) in [5, 5.41) is 5.13. The number of halogens is 1. The minimum absolute atomic E-state index is 0.521. The van der Waals surface area contributed by atoms with Gasteiger partial charge in [0.05, 0.1) is 6.61 Å². The van der Waals surface area contributed by atoms with Crippen molar-refractivity contribution in [2.75, 3.05) is 12.3 Å². The maximum atomic E-state index is 6.14. The third-order valence-electron chi connectivity index (χ3n) is 3.78. The average molecular weight is 327 g/mol. The van der Waals surface area contributed by atoms with Crippen LogP contribution >= 0.6 is 11.6 Å². The molecule has 0 saturated carbocycles. The zero-order valence-corrected chi connectivity index (χ0v) is 13.1. The van der Waals surface area contributed by atoms with E-state index in [4.69, 9.17) is 22.1 Å². The molecular weight excluding hydrogens is 312 g/mol. The lowest BCUT2D eigenvalue weighted by atomic mass is 10.1. The van der Waals surface area contributed by atoms with E-state index in [-0.39, 0.29) is 0 Å². The Labute approximate surface area is 138 Å². The van der Waals surface area contributed by atoms with Crippen LogP contribution in [0.1, 0.15) is 18.7 Å². The molecule has 4 rings (SSSR count). The standard InChI is InChI=1S/C17H15ClN4O/c18-13-5-3-4-11(8-13)12-9-15(19)22-16(10-12)20-17(21-22)14-6-1-2-7-23-14/h3-6,8-10H,1-2,7,19H2. The highest BCUT2D eigenvalue weighted by molar-refractivity contribution is 6.30. The maximum Gasteiger partial charge on any atom is 0.217 e. The molecule has 0 bridgehead atoms. The summed E-state index contributed by atoms with van der Waals surface area (Å²) in [6.45, 7) is 0.699. The Kier molecular flexibility index (Phi) is 3.42. The largest absolute Gasteiger partial charge is 0.490 e. The molecule has 0 spiro atoms. The first kappa shape index (κ1) is 14.1. The van der Waals surface area contributed by atoms with Crippen molar-refractivity contribution in [1.29, 1.82) is 0 Å². The number of pyridine rings is 1. The van der Waals surface area contributed by atoms with Crippen LogP contribution in [0.2, 0.25) is 5.02 Å². The van der Waals surface area contributed by atoms with Gasteiger partial charge in [0.2, 0.25) is 5.82 Å². The molecule has 5 nitrogen and oxygen atoms in total. The fraction of sp³-hybridized carbons (Fsp3) is 0.176. The highest BCUT2D eigenvalue weighted by Crippen LogP contribution is 2.27. The number of anilines is 1. The number of aromatic nitrogens is 3. The Hall–Kier alpha value is -2.53. The molecule has 0 atom stereocenters. The molecule has 2 N–H and O–H groups in total. The minimum Gasteiger partial charge on any atom is -0.490 e. The van der Waals surface area contributed by atoms with Gasteiger partial charge in [-0.3, -0.25) is 0 Å². The predicted octanol–water partition coefficient (Wildman–Crippen LogP) is 3.78. The van der Waals surface area contributed by atoms with Crippen LogP contribution in [0.15, 0.2) is 42.5 Å². The topological polar surface area (TPSA) is 65.4 Å². The van der Waals surface area contributed by atoms with Gasteiger partial charge in [-0.1, -0.05) is 23.7 Å². The van der Waals surface area contributed by atoms with E-state index in [2.05, 4.69) is 10.1 Å². The number of hydrogen-bond acceptors (Lipinski definition) is 4. The maximum absolute atomic E-state index is 6.14. The first-order valence-corrected chi connectivity index (χ1v) is 7.84. The molecular formula is C17H15ClN4O. The van der Waals surface area contributed by atoms with Gasteiger partial charge in [0, 0.05) is 5.02 Å². The molecule has 0 fully saturated rings. The highest BCUT2D eigenvalue weighted by Gasteiger charge is 2.15. The molecule has 0 amide bonds. The molecule has 1 aromatic carbocycles. The number of nitrogens with zero attached hydrogens (tertiary/aromatic N) is 3. The van der Waals surface area contributed by atoms with Crippen molar-refractivity contribution >= 4 is 28.8 Å². The van der Waals surface area contributed by atoms with Crippen molar-refractivity contribution in [1.82, 2.24) is 14.6 Å². The SMILES string of the molecule is Nc1cc(-c2cccc(Cl)c2)cc2nc(C3=CCCCO3)nn12. The van der Waals surface area contributed by atoms with E-state index in [0.29, 0.717) is 28.9 Å². The summed E-state index contributed by atoms with van der Waals surface area (Å²) in [6.07, 6.45) is 4.03. The Bertz CT molecular complexity index is 916. The van der Waals surface area contributed by atoms with Crippen molar-refractivity contribution in [3.8, 4) is 11.1 Å². The number of nitrogens with two attached hydrogens (primary N) is 1. The molecule has 3 aromatic rings. The van der Waals surface area contributed by atoms with E-state index in [1.807, 2.05) is 42.5 Å². The summed E-state index contributed by atoms with van der Waals surface area (Å²) in [5.74, 6) is 1.82. The second kappa shape index (κ2) is 5.59. The van der Waals surface area contributed by atoms with Crippen LogP contribution in [0.3, 0.4) is 0 Å². The van der Waals surface area contributed by atoms with Gasteiger partial charge >= 0.3 is 0 Å². The zero-order valence-electron chi connectivity index (χ0n) is 12.4. The molecule has 2 aromatic heterocycles. The average Bonchev–Trinajstić information content (AvgIpc) is 3.00. The lowest BCUT2D eigenvalue weighted by Crippen LogP contribution is -2.02. The Morgan fingerprint density at radius 1 is 1.17 bits per heavy atom. The molecule has 23 heavy (non-hydrogen) atoms. The highest BCUT2D eigenvalue weighted by atomic mass is 35.5. The van der Waals surface area contributed by atoms with Gasteiger partial charge in [-0.2, -0.15) is 4.52 Å². The number of rotatable bonds is 2. The summed E-state index contributed by atoms with van der Waals surface area (Å²) in [6, 6.07) is 11.5. The fourth-order valence-corrected chi connectivity index (χ4v) is 2.85. The molecule has 0 radical (unpaired) electrons. The third-order valence-corrected chi connectivity index (χ3v) is 4.01. The van der Waals surface area contributed by atoms with Crippen molar-refractivity contribution in [2.24, 2.45) is 0 Å². The molecule has 1 aliphatic rings. The summed E-state index contributed by atoms with van der Waals surface area (Å²) >= 11 is 6.07. The van der Waals surface area contributed by atoms with Crippen molar-refractivity contribution < 1.29 is 4.74 Å². The number of allylic oxidation sites excluding steroid dienone is 1. The van der Waals surface area contributed by atoms with E-state index in [1.165, 1.54) is 0 Å². The summed E-state index contributed by atoms with van der Waals surface area (Å²) in [7, 11) is 0. The third kappa shape index (κ3) is 2.64. The zero-order chi connectivity index (χ0) is 15.8. The molecule has 116 valence electrons. The van der Waals surface area contributed by atoms with Crippen molar-refractivity contribution in [2.45, 2.75) is 12.8 Å². The van der Waals surface area contributed by atoms with Crippen LogP contribution in [-0.4, -0.2) is 21.2 Å². The van der Waals surface area contributed by atoms with E-state index >= 15 is 0 Å². The number of nitrogen functional groups attached to an aromatic ring is 1. The van der Waals surface area contributed by atoms with Gasteiger partial charge in [0.15, 0.2) is 11.4 Å². The minimum atomic E-state index is 0.521. The molecule has 0 saturated heterocycles. The summed E-state index contributed by atoms with van der Waals surface area (Å²) in [5.41, 5.74) is 8.77. The molecule has 0 unspecified atom stereocenters. The summed E-state index contributed by atoms with van der Waals surface area (Å²) in [4.78, 5) is 4.55. The number of hydrogen-bond donors (Lipinski definition) is 1. The second-order valence-electron chi connectivity index (χ2n) is 5.44. The number of benzene rings is 1. The van der Waals surface area contributed by atoms with E-state index in [0.717, 1.165) is 29.7 Å². The Morgan fingerprint density at radius 2 is 2.09 bits per heavy atom. The predicted molar refractivity (Wildman–Crippen MR) is 91.0 cm³/mol. The van der Waals surface area contributed by atoms with Crippen molar-refractivity contribution in [3.05, 3.63) is 53.3 Å². The van der Waals surface area contributed by atoms with Gasteiger partial charge in [-0.05, 0) is 54.3 Å². The van der Waals surface area contributed by atoms with Gasteiger partial charge in [0.1, 0.15) is 5.82 Å². The van der Waals surface area contributed by atoms with Crippen molar-refractivity contribution in [3.63, 3.8) is 0 Å². The fourth-order valence-electron chi connectivity index (χ4n) is 2.66. The van der Waals surface area contributed by atoms with Gasteiger partial charge in [-0.15, -0.1) is 5.10 Å². The quantitative estimate of drug-likeness (QED) is 0.778. The first-order chi connectivity index (χ1) is 11.2. The van der Waals surface area contributed by atoms with E-state index < -0.39 is 0 Å². The molecule has 6 heteroatoms.